The summed E-state index contributed by atoms with van der Waals surface area (Å²) >= 11 is 3.19. The van der Waals surface area contributed by atoms with Crippen LogP contribution in [0.2, 0.25) is 0 Å². The van der Waals surface area contributed by atoms with Crippen LogP contribution in [0, 0.1) is 6.92 Å². The van der Waals surface area contributed by atoms with Crippen molar-refractivity contribution in [2.24, 2.45) is 0 Å². The summed E-state index contributed by atoms with van der Waals surface area (Å²) in [6.45, 7) is 2.46. The van der Waals surface area contributed by atoms with Crippen molar-refractivity contribution in [3.05, 3.63) is 80.2 Å². The number of aryl methyl sites for hydroxylation is 1. The van der Waals surface area contributed by atoms with Crippen LogP contribution in [0.5, 0.6) is 0 Å². The molecule has 0 aliphatic heterocycles. The molecule has 1 fully saturated rings. The molecule has 1 aliphatic rings. The van der Waals surface area contributed by atoms with Gasteiger partial charge >= 0.3 is 0 Å². The maximum atomic E-state index is 13.7. The number of nitrogens with one attached hydrogen (secondary N) is 1. The highest BCUT2D eigenvalue weighted by molar-refractivity contribution is 7.10. The third kappa shape index (κ3) is 5.87. The number of benzene rings is 1. The topological polar surface area (TPSA) is 49.4 Å². The quantitative estimate of drug-likeness (QED) is 0.451. The summed E-state index contributed by atoms with van der Waals surface area (Å²) in [4.78, 5) is 31.1. The lowest BCUT2D eigenvalue weighted by atomic mass is 9.94. The monoisotopic (exact) mass is 466 g/mol. The van der Waals surface area contributed by atoms with Gasteiger partial charge in [-0.15, -0.1) is 22.7 Å². The number of rotatable bonds is 8. The zero-order valence-corrected chi connectivity index (χ0v) is 20.1. The second-order valence-electron chi connectivity index (χ2n) is 8.51. The van der Waals surface area contributed by atoms with Crippen molar-refractivity contribution in [1.29, 1.82) is 0 Å². The van der Waals surface area contributed by atoms with Crippen LogP contribution in [0.3, 0.4) is 0 Å². The minimum absolute atomic E-state index is 0.0229. The molecule has 0 unspecified atom stereocenters. The van der Waals surface area contributed by atoms with Crippen molar-refractivity contribution in [1.82, 2.24) is 10.2 Å². The highest BCUT2D eigenvalue weighted by Gasteiger charge is 2.33. The van der Waals surface area contributed by atoms with E-state index in [0.717, 1.165) is 46.6 Å². The van der Waals surface area contributed by atoms with Gasteiger partial charge in [0.2, 0.25) is 11.8 Å². The summed E-state index contributed by atoms with van der Waals surface area (Å²) < 4.78 is 0. The maximum absolute atomic E-state index is 13.7. The zero-order chi connectivity index (χ0) is 22.3. The van der Waals surface area contributed by atoms with E-state index in [-0.39, 0.29) is 17.9 Å². The SMILES string of the molecule is Cc1ccc([C@H](C(=O)NC2CCCCC2)N(Cc2cccs2)C(=O)Cc2cccs2)cc1. The number of amides is 2. The van der Waals surface area contributed by atoms with E-state index in [9.17, 15) is 9.59 Å². The Bertz CT molecular complexity index is 991. The smallest absolute Gasteiger partial charge is 0.247 e. The van der Waals surface area contributed by atoms with Gasteiger partial charge in [0.05, 0.1) is 13.0 Å². The molecule has 1 N–H and O–H groups in total. The number of thiophene rings is 2. The molecule has 0 spiro atoms. The Morgan fingerprint density at radius 2 is 1.62 bits per heavy atom. The summed E-state index contributed by atoms with van der Waals surface area (Å²) in [5.41, 5.74) is 2.00. The normalized spacial score (nSPS) is 15.3. The van der Waals surface area contributed by atoms with Gasteiger partial charge in [-0.25, -0.2) is 0 Å². The summed E-state index contributed by atoms with van der Waals surface area (Å²) in [6, 6.07) is 15.5. The van der Waals surface area contributed by atoms with Crippen molar-refractivity contribution in [2.75, 3.05) is 0 Å². The van der Waals surface area contributed by atoms with E-state index in [1.54, 1.807) is 27.6 Å². The second kappa shape index (κ2) is 10.9. The van der Waals surface area contributed by atoms with Crippen molar-refractivity contribution in [3.63, 3.8) is 0 Å². The van der Waals surface area contributed by atoms with Gasteiger partial charge in [-0.3, -0.25) is 9.59 Å². The van der Waals surface area contributed by atoms with E-state index in [2.05, 4.69) is 5.32 Å². The van der Waals surface area contributed by atoms with Gasteiger partial charge in [0.25, 0.3) is 0 Å². The Morgan fingerprint density at radius 3 is 2.25 bits per heavy atom. The largest absolute Gasteiger partial charge is 0.351 e. The average Bonchev–Trinajstić information content (AvgIpc) is 3.49. The lowest BCUT2D eigenvalue weighted by Crippen LogP contribution is -2.47. The molecule has 4 rings (SSSR count). The summed E-state index contributed by atoms with van der Waals surface area (Å²) in [7, 11) is 0. The number of carbonyl (C=O) groups excluding carboxylic acids is 2. The molecule has 2 aromatic heterocycles. The second-order valence-corrected chi connectivity index (χ2v) is 10.6. The minimum atomic E-state index is -0.646. The van der Waals surface area contributed by atoms with Crippen LogP contribution in [-0.4, -0.2) is 22.8 Å². The molecule has 1 aliphatic carbocycles. The molecule has 1 atom stereocenters. The van der Waals surface area contributed by atoms with E-state index in [0.29, 0.717) is 13.0 Å². The number of hydrogen-bond donors (Lipinski definition) is 1. The van der Waals surface area contributed by atoms with Gasteiger partial charge in [0, 0.05) is 15.8 Å². The van der Waals surface area contributed by atoms with E-state index < -0.39 is 6.04 Å². The van der Waals surface area contributed by atoms with Crippen LogP contribution >= 0.6 is 22.7 Å². The summed E-state index contributed by atoms with van der Waals surface area (Å²) in [5.74, 6) is -0.0953. The van der Waals surface area contributed by atoms with Crippen LogP contribution in [-0.2, 0) is 22.6 Å². The Morgan fingerprint density at radius 1 is 0.969 bits per heavy atom. The fraction of sp³-hybridized carbons (Fsp3) is 0.385. The number of carbonyl (C=O) groups is 2. The Kier molecular flexibility index (Phi) is 7.76. The van der Waals surface area contributed by atoms with Crippen LogP contribution in [0.1, 0.15) is 59.0 Å². The molecule has 1 aromatic carbocycles. The van der Waals surface area contributed by atoms with Crippen molar-refractivity contribution in [3.8, 4) is 0 Å². The molecule has 0 bridgehead atoms. The molecule has 2 amide bonds. The van der Waals surface area contributed by atoms with E-state index >= 15 is 0 Å². The van der Waals surface area contributed by atoms with Crippen LogP contribution in [0.4, 0.5) is 0 Å². The Hall–Kier alpha value is -2.44. The van der Waals surface area contributed by atoms with E-state index in [4.69, 9.17) is 0 Å². The predicted octanol–water partition coefficient (Wildman–Crippen LogP) is 5.88. The van der Waals surface area contributed by atoms with Gasteiger partial charge < -0.3 is 10.2 Å². The van der Waals surface area contributed by atoms with E-state index in [1.165, 1.54) is 6.42 Å². The molecule has 3 aromatic rings. The molecular formula is C26H30N2O2S2. The van der Waals surface area contributed by atoms with Crippen molar-refractivity contribution >= 4 is 34.5 Å². The number of nitrogens with zero attached hydrogens (tertiary/aromatic N) is 1. The number of hydrogen-bond acceptors (Lipinski definition) is 4. The molecule has 2 heterocycles. The first-order valence-corrected chi connectivity index (χ1v) is 13.1. The highest BCUT2D eigenvalue weighted by Crippen LogP contribution is 2.28. The molecule has 0 radical (unpaired) electrons. The van der Waals surface area contributed by atoms with Gasteiger partial charge in [0.1, 0.15) is 6.04 Å². The van der Waals surface area contributed by atoms with Gasteiger partial charge in [0.15, 0.2) is 0 Å². The van der Waals surface area contributed by atoms with Crippen LogP contribution in [0.25, 0.3) is 0 Å². The Labute approximate surface area is 198 Å². The van der Waals surface area contributed by atoms with Crippen molar-refractivity contribution in [2.45, 2.75) is 64.1 Å². The summed E-state index contributed by atoms with van der Waals surface area (Å²) in [6.07, 6.45) is 5.87. The lowest BCUT2D eigenvalue weighted by molar-refractivity contribution is -0.141. The Balaban J connectivity index is 1.66. The van der Waals surface area contributed by atoms with E-state index in [1.807, 2.05) is 66.2 Å². The fourth-order valence-corrected chi connectivity index (χ4v) is 5.70. The molecule has 168 valence electrons. The highest BCUT2D eigenvalue weighted by atomic mass is 32.1. The lowest BCUT2D eigenvalue weighted by Gasteiger charge is -2.33. The first-order chi connectivity index (χ1) is 15.6. The van der Waals surface area contributed by atoms with Crippen molar-refractivity contribution < 1.29 is 9.59 Å². The predicted molar refractivity (Wildman–Crippen MR) is 132 cm³/mol. The van der Waals surface area contributed by atoms with Gasteiger partial charge in [-0.1, -0.05) is 61.2 Å². The molecule has 4 nitrogen and oxygen atoms in total. The third-order valence-corrected chi connectivity index (χ3v) is 7.77. The first kappa shape index (κ1) is 22.7. The molecule has 32 heavy (non-hydrogen) atoms. The zero-order valence-electron chi connectivity index (χ0n) is 18.5. The average molecular weight is 467 g/mol. The van der Waals surface area contributed by atoms with Crippen LogP contribution < -0.4 is 5.32 Å². The maximum Gasteiger partial charge on any atom is 0.247 e. The van der Waals surface area contributed by atoms with Crippen LogP contribution in [0.15, 0.2) is 59.3 Å². The van der Waals surface area contributed by atoms with Gasteiger partial charge in [-0.2, -0.15) is 0 Å². The first-order valence-electron chi connectivity index (χ1n) is 11.3. The minimum Gasteiger partial charge on any atom is -0.351 e. The molecule has 1 saturated carbocycles. The standard InChI is InChI=1S/C26H30N2O2S2/c1-19-11-13-20(14-12-19)25(26(30)27-21-7-3-2-4-8-21)28(18-23-10-6-16-32-23)24(29)17-22-9-5-15-31-22/h5-6,9-16,21,25H,2-4,7-8,17-18H2,1H3,(H,27,30)/t25-/m1/s1. The van der Waals surface area contributed by atoms with Gasteiger partial charge in [-0.05, 0) is 48.2 Å². The molecule has 0 saturated heterocycles. The molecule has 6 heteroatoms. The fourth-order valence-electron chi connectivity index (χ4n) is 4.31. The third-order valence-electron chi connectivity index (χ3n) is 6.04. The molecular weight excluding hydrogens is 436 g/mol. The summed E-state index contributed by atoms with van der Waals surface area (Å²) in [5, 5.41) is 7.28.